The molecule has 0 aliphatic heterocycles. The molecule has 0 aliphatic carbocycles. The van der Waals surface area contributed by atoms with E-state index < -0.39 is 5.97 Å². The number of carboxylic acids is 1. The lowest BCUT2D eigenvalue weighted by atomic mass is 9.97. The van der Waals surface area contributed by atoms with Crippen LogP contribution in [-0.4, -0.2) is 17.0 Å². The topological polar surface area (TPSA) is 66.4 Å². The van der Waals surface area contributed by atoms with E-state index in [1.54, 1.807) is 0 Å². The van der Waals surface area contributed by atoms with E-state index in [0.29, 0.717) is 0 Å². The Morgan fingerprint density at radius 2 is 1.67 bits per heavy atom. The van der Waals surface area contributed by atoms with Crippen LogP contribution in [0.25, 0.3) is 0 Å². The number of benzene rings is 1. The van der Waals surface area contributed by atoms with Gasteiger partial charge in [0.1, 0.15) is 5.56 Å². The Labute approximate surface area is 134 Å². The van der Waals surface area contributed by atoms with E-state index >= 15 is 0 Å². The number of amides is 1. The van der Waals surface area contributed by atoms with Gasteiger partial charge < -0.3 is 10.4 Å². The summed E-state index contributed by atoms with van der Waals surface area (Å²) in [6, 6.07) is 2.87. The smallest absolute Gasteiger partial charge is 0.339 e. The summed E-state index contributed by atoms with van der Waals surface area (Å²) in [5.41, 5.74) is -0.108. The van der Waals surface area contributed by atoms with Gasteiger partial charge in [-0.05, 0) is 25.0 Å². The molecule has 1 aromatic carbocycles. The molecule has 0 bridgehead atoms. The Balaban J connectivity index is 3.09. The van der Waals surface area contributed by atoms with Crippen LogP contribution in [0.15, 0.2) is 12.1 Å². The molecule has 1 aromatic rings. The van der Waals surface area contributed by atoms with Crippen LogP contribution in [0.5, 0.6) is 0 Å². The average Bonchev–Trinajstić information content (AvgIpc) is 2.42. The molecule has 2 N–H and O–H groups in total. The Kier molecular flexibility index (Phi) is 6.99. The predicted molar refractivity (Wildman–Crippen MR) is 85.4 cm³/mol. The lowest BCUT2D eigenvalue weighted by Gasteiger charge is -2.17. The van der Waals surface area contributed by atoms with Crippen LogP contribution in [0, 0.1) is 5.92 Å². The normalized spacial score (nSPS) is 10.7. The van der Waals surface area contributed by atoms with Crippen molar-refractivity contribution in [3.8, 4) is 0 Å². The van der Waals surface area contributed by atoms with Crippen molar-refractivity contribution in [3.05, 3.63) is 27.7 Å². The fourth-order valence-electron chi connectivity index (χ4n) is 2.21. The minimum absolute atomic E-state index is 0.0460. The van der Waals surface area contributed by atoms with Crippen molar-refractivity contribution < 1.29 is 14.7 Å². The summed E-state index contributed by atoms with van der Waals surface area (Å²) in [4.78, 5) is 23.6. The minimum Gasteiger partial charge on any atom is -0.478 e. The van der Waals surface area contributed by atoms with E-state index in [2.05, 4.69) is 5.32 Å². The largest absolute Gasteiger partial charge is 0.478 e. The molecule has 0 fully saturated rings. The highest BCUT2D eigenvalue weighted by molar-refractivity contribution is 6.38. The molecule has 0 radical (unpaired) electrons. The first-order valence-corrected chi connectivity index (χ1v) is 7.70. The van der Waals surface area contributed by atoms with Crippen LogP contribution in [-0.2, 0) is 4.79 Å². The van der Waals surface area contributed by atoms with Crippen LogP contribution in [0.3, 0.4) is 0 Å². The van der Waals surface area contributed by atoms with E-state index in [9.17, 15) is 14.7 Å². The minimum atomic E-state index is -1.22. The van der Waals surface area contributed by atoms with Gasteiger partial charge in [-0.15, -0.1) is 0 Å². The first-order valence-electron chi connectivity index (χ1n) is 6.94. The fraction of sp³-hybridized carbons (Fsp3) is 0.467. The lowest BCUT2D eigenvalue weighted by Crippen LogP contribution is -2.24. The third kappa shape index (κ3) is 4.61. The lowest BCUT2D eigenvalue weighted by molar-refractivity contribution is -0.120. The molecule has 1 rings (SSSR count). The van der Waals surface area contributed by atoms with Gasteiger partial charge >= 0.3 is 5.97 Å². The molecule has 6 heteroatoms. The van der Waals surface area contributed by atoms with Gasteiger partial charge in [-0.1, -0.05) is 49.9 Å². The summed E-state index contributed by atoms with van der Waals surface area (Å²) in [7, 11) is 0. The molecule has 4 nitrogen and oxygen atoms in total. The first kappa shape index (κ1) is 17.8. The molecule has 0 atom stereocenters. The van der Waals surface area contributed by atoms with Gasteiger partial charge in [-0.3, -0.25) is 4.79 Å². The number of aromatic carboxylic acids is 1. The Morgan fingerprint density at radius 1 is 1.14 bits per heavy atom. The van der Waals surface area contributed by atoms with Crippen molar-refractivity contribution in [1.29, 1.82) is 0 Å². The second-order valence-electron chi connectivity index (χ2n) is 4.85. The van der Waals surface area contributed by atoms with E-state index in [0.717, 1.165) is 25.7 Å². The molecule has 0 unspecified atom stereocenters. The van der Waals surface area contributed by atoms with Crippen molar-refractivity contribution in [1.82, 2.24) is 0 Å². The van der Waals surface area contributed by atoms with Crippen LogP contribution in [0.1, 0.15) is 49.9 Å². The Hall–Kier alpha value is -1.26. The van der Waals surface area contributed by atoms with Crippen molar-refractivity contribution >= 4 is 40.8 Å². The van der Waals surface area contributed by atoms with E-state index in [-0.39, 0.29) is 33.1 Å². The third-order valence-corrected chi connectivity index (χ3v) is 3.84. The molecule has 0 heterocycles. The first-order chi connectivity index (χ1) is 9.92. The summed E-state index contributed by atoms with van der Waals surface area (Å²) in [6.45, 7) is 4.01. The Bertz CT molecular complexity index is 526. The predicted octanol–water partition coefficient (Wildman–Crippen LogP) is 4.85. The number of hydrogen-bond acceptors (Lipinski definition) is 2. The zero-order chi connectivity index (χ0) is 16.0. The molecule has 0 aliphatic rings. The number of rotatable bonds is 7. The molecule has 1 amide bonds. The number of carbonyl (C=O) groups is 2. The number of carbonyl (C=O) groups excluding carboxylic acids is 1. The van der Waals surface area contributed by atoms with Gasteiger partial charge in [-0.2, -0.15) is 0 Å². The van der Waals surface area contributed by atoms with Crippen LogP contribution >= 0.6 is 23.2 Å². The molecule has 0 saturated carbocycles. The maximum absolute atomic E-state index is 12.3. The van der Waals surface area contributed by atoms with Crippen molar-refractivity contribution in [2.45, 2.75) is 39.5 Å². The van der Waals surface area contributed by atoms with E-state index in [4.69, 9.17) is 23.2 Å². The summed E-state index contributed by atoms with van der Waals surface area (Å²) >= 11 is 11.9. The number of carboxylic acid groups (broad SMARTS) is 1. The molecular formula is C15H19Cl2NO3. The van der Waals surface area contributed by atoms with Crippen molar-refractivity contribution in [3.63, 3.8) is 0 Å². The number of anilines is 1. The Morgan fingerprint density at radius 3 is 2.14 bits per heavy atom. The van der Waals surface area contributed by atoms with Gasteiger partial charge in [0.05, 0.1) is 15.7 Å². The van der Waals surface area contributed by atoms with Crippen molar-refractivity contribution in [2.75, 3.05) is 5.32 Å². The van der Waals surface area contributed by atoms with Gasteiger partial charge in [0.15, 0.2) is 0 Å². The third-order valence-electron chi connectivity index (χ3n) is 3.21. The monoisotopic (exact) mass is 331 g/mol. The van der Waals surface area contributed by atoms with Crippen molar-refractivity contribution in [2.24, 2.45) is 5.92 Å². The van der Waals surface area contributed by atoms with Gasteiger partial charge in [0.25, 0.3) is 0 Å². The number of nitrogens with one attached hydrogen (secondary N) is 1. The highest BCUT2D eigenvalue weighted by Crippen LogP contribution is 2.32. The van der Waals surface area contributed by atoms with E-state index in [1.807, 2.05) is 13.8 Å². The van der Waals surface area contributed by atoms with Crippen LogP contribution in [0.4, 0.5) is 5.69 Å². The number of halogens is 2. The highest BCUT2D eigenvalue weighted by Gasteiger charge is 2.23. The summed E-state index contributed by atoms with van der Waals surface area (Å²) in [5.74, 6) is -1.60. The second kappa shape index (κ2) is 8.25. The molecule has 21 heavy (non-hydrogen) atoms. The SMILES string of the molecule is CCCC(CCC)C(=O)Nc1c(Cl)ccc(Cl)c1C(=O)O. The zero-order valence-electron chi connectivity index (χ0n) is 12.1. The molecular weight excluding hydrogens is 313 g/mol. The maximum Gasteiger partial charge on any atom is 0.339 e. The summed E-state index contributed by atoms with van der Waals surface area (Å²) in [5, 5.41) is 12.1. The number of hydrogen-bond donors (Lipinski definition) is 2. The fourth-order valence-corrected chi connectivity index (χ4v) is 2.65. The quantitative estimate of drug-likeness (QED) is 0.750. The van der Waals surface area contributed by atoms with Gasteiger partial charge in [-0.25, -0.2) is 4.79 Å². The maximum atomic E-state index is 12.3. The molecule has 0 saturated heterocycles. The van der Waals surface area contributed by atoms with Gasteiger partial charge in [0.2, 0.25) is 5.91 Å². The highest BCUT2D eigenvalue weighted by atomic mass is 35.5. The van der Waals surface area contributed by atoms with Gasteiger partial charge in [0, 0.05) is 5.92 Å². The second-order valence-corrected chi connectivity index (χ2v) is 5.66. The van der Waals surface area contributed by atoms with E-state index in [1.165, 1.54) is 12.1 Å². The summed E-state index contributed by atoms with van der Waals surface area (Å²) in [6.07, 6.45) is 3.26. The molecule has 116 valence electrons. The van der Waals surface area contributed by atoms with Crippen LogP contribution < -0.4 is 5.32 Å². The van der Waals surface area contributed by atoms with Crippen LogP contribution in [0.2, 0.25) is 10.0 Å². The molecule has 0 spiro atoms. The molecule has 0 aromatic heterocycles. The average molecular weight is 332 g/mol. The summed E-state index contributed by atoms with van der Waals surface area (Å²) < 4.78 is 0. The standard InChI is InChI=1S/C15H19Cl2NO3/c1-3-5-9(6-4-2)14(19)18-13-11(17)8-7-10(16)12(13)15(20)21/h7-9H,3-6H2,1-2H3,(H,18,19)(H,20,21). The zero-order valence-corrected chi connectivity index (χ0v) is 13.6.